The lowest BCUT2D eigenvalue weighted by molar-refractivity contribution is -0.140. The van der Waals surface area contributed by atoms with Crippen molar-refractivity contribution in [3.8, 4) is 0 Å². The van der Waals surface area contributed by atoms with E-state index in [1.165, 1.54) is 0 Å². The first-order valence-electron chi connectivity index (χ1n) is 8.07. The van der Waals surface area contributed by atoms with E-state index in [0.717, 1.165) is 0 Å². The summed E-state index contributed by atoms with van der Waals surface area (Å²) < 4.78 is 0. The lowest BCUT2D eigenvalue weighted by Gasteiger charge is -2.23. The standard InChI is InChI=1S/C8H16N2O4S2.C6H13NO5/c11-7(12)5(3-15)9-1-2-10-6(4-16)8(13)14;7-3(1-8)5(11)6(12)4(10)2-9/h5-6,9-10,15-16H,1-4H2,(H,11,12)(H,13,14);1,3-6,9-12H,2,7H2/t5-,6-;3-,4+,5+,6+/m00/s1. The van der Waals surface area contributed by atoms with Crippen LogP contribution in [0.1, 0.15) is 0 Å². The highest BCUT2D eigenvalue weighted by Crippen LogP contribution is 2.01. The third kappa shape index (κ3) is 12.5. The van der Waals surface area contributed by atoms with Gasteiger partial charge in [0.05, 0.1) is 12.6 Å². The van der Waals surface area contributed by atoms with E-state index in [0.29, 0.717) is 13.1 Å². The Morgan fingerprint density at radius 1 is 0.929 bits per heavy atom. The van der Waals surface area contributed by atoms with E-state index < -0.39 is 55.0 Å². The van der Waals surface area contributed by atoms with Gasteiger partial charge in [-0.25, -0.2) is 0 Å². The molecule has 0 unspecified atom stereocenters. The Balaban J connectivity index is 0. The number of nitrogens with two attached hydrogens (primary N) is 1. The fraction of sp³-hybridized carbons (Fsp3) is 0.786. The number of aliphatic hydroxyl groups is 4. The van der Waals surface area contributed by atoms with E-state index >= 15 is 0 Å². The molecule has 0 saturated carbocycles. The maximum atomic E-state index is 10.6. The molecule has 0 aliphatic rings. The molecule has 14 heteroatoms. The van der Waals surface area contributed by atoms with E-state index in [1.54, 1.807) is 0 Å². The number of hydrogen-bond donors (Lipinski definition) is 11. The molecule has 166 valence electrons. The maximum absolute atomic E-state index is 10.6. The molecule has 0 heterocycles. The minimum atomic E-state index is -1.62. The van der Waals surface area contributed by atoms with Crippen molar-refractivity contribution in [2.75, 3.05) is 31.2 Å². The van der Waals surface area contributed by atoms with Crippen molar-refractivity contribution >= 4 is 43.5 Å². The van der Waals surface area contributed by atoms with Gasteiger partial charge in [-0.3, -0.25) is 9.59 Å². The lowest BCUT2D eigenvalue weighted by atomic mass is 10.0. The summed E-state index contributed by atoms with van der Waals surface area (Å²) in [7, 11) is 0. The van der Waals surface area contributed by atoms with E-state index in [1.807, 2.05) is 0 Å². The van der Waals surface area contributed by atoms with Crippen LogP contribution < -0.4 is 16.4 Å². The number of rotatable bonds is 14. The van der Waals surface area contributed by atoms with Crippen LogP contribution in [0, 0.1) is 0 Å². The van der Waals surface area contributed by atoms with Crippen molar-refractivity contribution in [3.63, 3.8) is 0 Å². The third-order valence-corrected chi connectivity index (χ3v) is 4.08. The second kappa shape index (κ2) is 16.9. The predicted octanol–water partition coefficient (Wildman–Crippen LogP) is -4.48. The Morgan fingerprint density at radius 2 is 1.32 bits per heavy atom. The molecule has 0 aromatic rings. The highest BCUT2D eigenvalue weighted by molar-refractivity contribution is 7.80. The minimum Gasteiger partial charge on any atom is -0.480 e. The molecule has 10 N–H and O–H groups in total. The topological polar surface area (TPSA) is 223 Å². The van der Waals surface area contributed by atoms with E-state index in [4.69, 9.17) is 36.4 Å². The largest absolute Gasteiger partial charge is 0.480 e. The first-order chi connectivity index (χ1) is 13.1. The molecular formula is C14H29N3O9S2. The highest BCUT2D eigenvalue weighted by Gasteiger charge is 2.28. The van der Waals surface area contributed by atoms with E-state index in [-0.39, 0.29) is 17.8 Å². The summed E-state index contributed by atoms with van der Waals surface area (Å²) >= 11 is 7.76. The van der Waals surface area contributed by atoms with Crippen molar-refractivity contribution in [3.05, 3.63) is 0 Å². The number of thiol groups is 2. The van der Waals surface area contributed by atoms with Crippen molar-refractivity contribution in [1.82, 2.24) is 10.6 Å². The predicted molar refractivity (Wildman–Crippen MR) is 106 cm³/mol. The Morgan fingerprint density at radius 3 is 1.57 bits per heavy atom. The van der Waals surface area contributed by atoms with Crippen molar-refractivity contribution in [2.24, 2.45) is 5.73 Å². The van der Waals surface area contributed by atoms with Crippen LogP contribution in [0.5, 0.6) is 0 Å². The van der Waals surface area contributed by atoms with Crippen molar-refractivity contribution in [2.45, 2.75) is 36.4 Å². The third-order valence-electron chi connectivity index (χ3n) is 3.35. The number of carboxylic acids is 2. The fourth-order valence-corrected chi connectivity index (χ4v) is 2.17. The first-order valence-corrected chi connectivity index (χ1v) is 9.33. The number of aliphatic hydroxyl groups excluding tert-OH is 4. The summed E-state index contributed by atoms with van der Waals surface area (Å²) in [6, 6.07) is -2.70. The summed E-state index contributed by atoms with van der Waals surface area (Å²) in [4.78, 5) is 31.2. The normalized spacial score (nSPS) is 17.2. The molecule has 6 atom stereocenters. The van der Waals surface area contributed by atoms with Crippen LogP contribution in [0.2, 0.25) is 0 Å². The van der Waals surface area contributed by atoms with Gasteiger partial charge in [-0.2, -0.15) is 25.3 Å². The zero-order chi connectivity index (χ0) is 22.3. The van der Waals surface area contributed by atoms with Crippen LogP contribution in [0.4, 0.5) is 0 Å². The van der Waals surface area contributed by atoms with Crippen molar-refractivity contribution < 1.29 is 45.0 Å². The average molecular weight is 448 g/mol. The number of nitrogens with one attached hydrogen (secondary N) is 2. The van der Waals surface area contributed by atoms with Crippen LogP contribution in [-0.2, 0) is 14.4 Å². The van der Waals surface area contributed by atoms with Gasteiger partial charge in [0.1, 0.15) is 36.7 Å². The van der Waals surface area contributed by atoms with Crippen LogP contribution in [0.3, 0.4) is 0 Å². The first kappa shape index (κ1) is 29.2. The number of aldehydes is 1. The second-order valence-electron chi connectivity index (χ2n) is 5.50. The summed E-state index contributed by atoms with van der Waals surface area (Å²) in [5.41, 5.74) is 5.04. The number of aliphatic carboxylic acids is 2. The summed E-state index contributed by atoms with van der Waals surface area (Å²) in [6.07, 6.45) is -4.43. The molecule has 0 rings (SSSR count). The molecule has 0 aromatic carbocycles. The Hall–Kier alpha value is -0.970. The van der Waals surface area contributed by atoms with Gasteiger partial charge in [0, 0.05) is 24.6 Å². The van der Waals surface area contributed by atoms with Gasteiger partial charge in [0.25, 0.3) is 0 Å². The van der Waals surface area contributed by atoms with Gasteiger partial charge in [-0.1, -0.05) is 0 Å². The molecule has 0 aromatic heterocycles. The van der Waals surface area contributed by atoms with Gasteiger partial charge >= 0.3 is 11.9 Å². The Bertz CT molecular complexity index is 438. The zero-order valence-corrected chi connectivity index (χ0v) is 16.7. The van der Waals surface area contributed by atoms with Gasteiger partial charge in [0.15, 0.2) is 0 Å². The molecular weight excluding hydrogens is 418 g/mol. The van der Waals surface area contributed by atoms with Gasteiger partial charge in [-0.05, 0) is 0 Å². The highest BCUT2D eigenvalue weighted by atomic mass is 32.1. The average Bonchev–Trinajstić information content (AvgIpc) is 2.68. The molecule has 12 nitrogen and oxygen atoms in total. The number of carbonyl (C=O) groups excluding carboxylic acids is 1. The zero-order valence-electron chi connectivity index (χ0n) is 15.0. The Labute approximate surface area is 172 Å². The molecule has 0 bridgehead atoms. The van der Waals surface area contributed by atoms with Gasteiger partial charge in [0.2, 0.25) is 0 Å². The molecule has 0 amide bonds. The van der Waals surface area contributed by atoms with Crippen LogP contribution in [0.25, 0.3) is 0 Å². The number of carbonyl (C=O) groups is 3. The number of hydrogen-bond acceptors (Lipinski definition) is 12. The monoisotopic (exact) mass is 447 g/mol. The Kier molecular flexibility index (Phi) is 17.7. The van der Waals surface area contributed by atoms with Gasteiger partial charge in [-0.15, -0.1) is 0 Å². The molecule has 0 aliphatic carbocycles. The molecule has 0 aliphatic heterocycles. The summed E-state index contributed by atoms with van der Waals surface area (Å²) in [5, 5.41) is 58.0. The smallest absolute Gasteiger partial charge is 0.321 e. The number of carboxylic acid groups (broad SMARTS) is 2. The minimum absolute atomic E-state index is 0.185. The van der Waals surface area contributed by atoms with Crippen molar-refractivity contribution in [1.29, 1.82) is 0 Å². The maximum Gasteiger partial charge on any atom is 0.321 e. The fourth-order valence-electron chi connectivity index (χ4n) is 1.60. The molecule has 0 spiro atoms. The van der Waals surface area contributed by atoms with E-state index in [9.17, 15) is 14.4 Å². The second-order valence-corrected chi connectivity index (χ2v) is 6.23. The van der Waals surface area contributed by atoms with Crippen LogP contribution >= 0.6 is 25.3 Å². The van der Waals surface area contributed by atoms with E-state index in [2.05, 4.69) is 35.9 Å². The molecule has 0 radical (unpaired) electrons. The lowest BCUT2D eigenvalue weighted by Crippen LogP contribution is -2.49. The van der Waals surface area contributed by atoms with Crippen LogP contribution in [0.15, 0.2) is 0 Å². The molecule has 0 fully saturated rings. The quantitative estimate of drug-likeness (QED) is 0.0689. The summed E-state index contributed by atoms with van der Waals surface area (Å²) in [6.45, 7) is 0.00791. The summed E-state index contributed by atoms with van der Waals surface area (Å²) in [5.74, 6) is -1.58. The van der Waals surface area contributed by atoms with Gasteiger partial charge < -0.3 is 51.8 Å². The van der Waals surface area contributed by atoms with Crippen LogP contribution in [-0.4, -0.2) is 117 Å². The molecule has 0 saturated heterocycles. The molecule has 28 heavy (non-hydrogen) atoms. The SMILES string of the molecule is N[C@@H](C=O)[C@@H](O)[C@H](O)[C@H](O)CO.O=C(O)[C@H](CS)NCCN[C@@H](CS)C(=O)O.